The fraction of sp³-hybridized carbons (Fsp3) is 0.300. The van der Waals surface area contributed by atoms with Crippen molar-refractivity contribution in [3.05, 3.63) is 24.3 Å². The average molecular weight is 210 g/mol. The van der Waals surface area contributed by atoms with Gasteiger partial charge in [-0.05, 0) is 44.0 Å². The second kappa shape index (κ2) is 4.48. The lowest BCUT2D eigenvalue weighted by atomic mass is 10.1. The summed E-state index contributed by atoms with van der Waals surface area (Å²) in [5.41, 5.74) is 5.82. The maximum atomic E-state index is 10.6. The van der Waals surface area contributed by atoms with Gasteiger partial charge in [-0.1, -0.05) is 6.07 Å². The molecule has 0 aliphatic heterocycles. The van der Waals surface area contributed by atoms with Crippen molar-refractivity contribution in [3.8, 4) is 0 Å². The Morgan fingerprint density at radius 1 is 1.50 bits per heavy atom. The van der Waals surface area contributed by atoms with Gasteiger partial charge in [0, 0.05) is 10.6 Å². The molecule has 0 radical (unpaired) electrons. The standard InChI is InChI=1S/C10H14N2OS/c1-10(2,7-13)12-14-9-5-3-4-8(11)6-9/h3-7,12H,11H2,1-2H3. The van der Waals surface area contributed by atoms with E-state index >= 15 is 0 Å². The molecule has 1 rings (SSSR count). The van der Waals surface area contributed by atoms with Crippen molar-refractivity contribution in [2.24, 2.45) is 0 Å². The Hall–Kier alpha value is -1.00. The lowest BCUT2D eigenvalue weighted by molar-refractivity contribution is -0.111. The Morgan fingerprint density at radius 3 is 2.79 bits per heavy atom. The number of carbonyl (C=O) groups is 1. The molecule has 3 N–H and O–H groups in total. The van der Waals surface area contributed by atoms with Crippen molar-refractivity contribution in [1.82, 2.24) is 4.72 Å². The summed E-state index contributed by atoms with van der Waals surface area (Å²) >= 11 is 1.40. The van der Waals surface area contributed by atoms with Gasteiger partial charge in [0.1, 0.15) is 6.29 Å². The molecule has 0 heterocycles. The molecular weight excluding hydrogens is 196 g/mol. The van der Waals surface area contributed by atoms with E-state index < -0.39 is 5.54 Å². The number of carbonyl (C=O) groups excluding carboxylic acids is 1. The Labute approximate surface area is 88.2 Å². The van der Waals surface area contributed by atoms with Gasteiger partial charge in [-0.3, -0.25) is 0 Å². The first-order valence-electron chi connectivity index (χ1n) is 4.29. The van der Waals surface area contributed by atoms with Crippen LogP contribution in [0, 0.1) is 0 Å². The van der Waals surface area contributed by atoms with Gasteiger partial charge in [0.25, 0.3) is 0 Å². The van der Waals surface area contributed by atoms with E-state index in [9.17, 15) is 4.79 Å². The largest absolute Gasteiger partial charge is 0.399 e. The Balaban J connectivity index is 2.58. The lowest BCUT2D eigenvalue weighted by Crippen LogP contribution is -2.35. The third-order valence-corrected chi connectivity index (χ3v) is 2.70. The van der Waals surface area contributed by atoms with Gasteiger partial charge in [-0.25, -0.2) is 4.72 Å². The fourth-order valence-electron chi connectivity index (χ4n) is 0.793. The summed E-state index contributed by atoms with van der Waals surface area (Å²) in [5.74, 6) is 0. The average Bonchev–Trinajstić information content (AvgIpc) is 2.15. The zero-order valence-electron chi connectivity index (χ0n) is 8.28. The van der Waals surface area contributed by atoms with Crippen molar-refractivity contribution in [2.75, 3.05) is 5.73 Å². The van der Waals surface area contributed by atoms with E-state index in [-0.39, 0.29) is 0 Å². The summed E-state index contributed by atoms with van der Waals surface area (Å²) in [6.07, 6.45) is 0.881. The maximum absolute atomic E-state index is 10.6. The van der Waals surface area contributed by atoms with Crippen molar-refractivity contribution in [2.45, 2.75) is 24.3 Å². The van der Waals surface area contributed by atoms with E-state index in [0.29, 0.717) is 0 Å². The van der Waals surface area contributed by atoms with E-state index in [2.05, 4.69) is 4.72 Å². The minimum Gasteiger partial charge on any atom is -0.399 e. The number of nitrogens with one attached hydrogen (secondary N) is 1. The summed E-state index contributed by atoms with van der Waals surface area (Å²) in [7, 11) is 0. The van der Waals surface area contributed by atoms with Gasteiger partial charge in [-0.15, -0.1) is 0 Å². The number of rotatable bonds is 4. The summed E-state index contributed by atoms with van der Waals surface area (Å²) in [6.45, 7) is 3.64. The molecule has 0 unspecified atom stereocenters. The van der Waals surface area contributed by atoms with Gasteiger partial charge in [-0.2, -0.15) is 0 Å². The summed E-state index contributed by atoms with van der Waals surface area (Å²) < 4.78 is 3.05. The first-order valence-corrected chi connectivity index (χ1v) is 5.11. The molecule has 0 aliphatic rings. The molecule has 0 aromatic heterocycles. The van der Waals surface area contributed by atoms with Crippen LogP contribution in [-0.4, -0.2) is 11.8 Å². The summed E-state index contributed by atoms with van der Waals surface area (Å²) in [5, 5.41) is 0. The molecule has 0 aliphatic carbocycles. The lowest BCUT2D eigenvalue weighted by Gasteiger charge is -2.17. The quantitative estimate of drug-likeness (QED) is 0.452. The Morgan fingerprint density at radius 2 is 2.21 bits per heavy atom. The highest BCUT2D eigenvalue weighted by atomic mass is 32.2. The van der Waals surface area contributed by atoms with E-state index in [1.165, 1.54) is 11.9 Å². The first-order chi connectivity index (χ1) is 6.53. The van der Waals surface area contributed by atoms with Crippen LogP contribution in [0.2, 0.25) is 0 Å². The fourth-order valence-corrected chi connectivity index (χ4v) is 1.56. The number of hydrogen-bond acceptors (Lipinski definition) is 4. The topological polar surface area (TPSA) is 55.1 Å². The van der Waals surface area contributed by atoms with E-state index in [1.807, 2.05) is 38.1 Å². The minimum absolute atomic E-state index is 0.519. The number of nitrogen functional groups attached to an aromatic ring is 1. The van der Waals surface area contributed by atoms with Gasteiger partial charge in [0.15, 0.2) is 0 Å². The van der Waals surface area contributed by atoms with Crippen LogP contribution in [0.5, 0.6) is 0 Å². The molecule has 0 saturated heterocycles. The predicted octanol–water partition coefficient (Wildman–Crippen LogP) is 1.84. The predicted molar refractivity (Wildman–Crippen MR) is 60.0 cm³/mol. The smallest absolute Gasteiger partial charge is 0.140 e. The molecule has 14 heavy (non-hydrogen) atoms. The van der Waals surface area contributed by atoms with E-state index in [1.54, 1.807) is 0 Å². The highest BCUT2D eigenvalue weighted by Gasteiger charge is 2.15. The van der Waals surface area contributed by atoms with Gasteiger partial charge < -0.3 is 10.5 Å². The summed E-state index contributed by atoms with van der Waals surface area (Å²) in [6, 6.07) is 7.51. The van der Waals surface area contributed by atoms with Crippen LogP contribution < -0.4 is 10.5 Å². The van der Waals surface area contributed by atoms with Crippen LogP contribution in [0.25, 0.3) is 0 Å². The van der Waals surface area contributed by atoms with Gasteiger partial charge in [0.05, 0.1) is 5.54 Å². The molecule has 1 aromatic carbocycles. The number of aldehydes is 1. The molecular formula is C10H14N2OS. The van der Waals surface area contributed by atoms with Crippen LogP contribution in [0.15, 0.2) is 29.2 Å². The summed E-state index contributed by atoms with van der Waals surface area (Å²) in [4.78, 5) is 11.6. The molecule has 0 saturated carbocycles. The second-order valence-corrected chi connectivity index (χ2v) is 4.50. The molecule has 0 bridgehead atoms. The van der Waals surface area contributed by atoms with Gasteiger partial charge in [0.2, 0.25) is 0 Å². The number of anilines is 1. The van der Waals surface area contributed by atoms with Gasteiger partial charge >= 0.3 is 0 Å². The monoisotopic (exact) mass is 210 g/mol. The zero-order chi connectivity index (χ0) is 10.6. The zero-order valence-corrected chi connectivity index (χ0v) is 9.10. The maximum Gasteiger partial charge on any atom is 0.140 e. The Bertz CT molecular complexity index is 326. The molecule has 0 amide bonds. The third-order valence-electron chi connectivity index (χ3n) is 1.58. The highest BCUT2D eigenvalue weighted by Crippen LogP contribution is 2.19. The third kappa shape index (κ3) is 3.40. The van der Waals surface area contributed by atoms with Crippen LogP contribution in [0.3, 0.4) is 0 Å². The molecule has 0 fully saturated rings. The highest BCUT2D eigenvalue weighted by molar-refractivity contribution is 7.97. The minimum atomic E-state index is -0.519. The number of nitrogens with two attached hydrogens (primary N) is 1. The van der Waals surface area contributed by atoms with Crippen LogP contribution in [0.1, 0.15) is 13.8 Å². The number of hydrogen-bond donors (Lipinski definition) is 2. The number of benzene rings is 1. The van der Waals surface area contributed by atoms with Crippen molar-refractivity contribution >= 4 is 23.9 Å². The van der Waals surface area contributed by atoms with Crippen molar-refractivity contribution < 1.29 is 4.79 Å². The molecule has 76 valence electrons. The Kier molecular flexibility index (Phi) is 3.55. The first kappa shape index (κ1) is 11.1. The van der Waals surface area contributed by atoms with E-state index in [0.717, 1.165) is 16.9 Å². The molecule has 3 nitrogen and oxygen atoms in total. The van der Waals surface area contributed by atoms with E-state index in [4.69, 9.17) is 5.73 Å². The normalized spacial score (nSPS) is 11.3. The van der Waals surface area contributed by atoms with Crippen LogP contribution >= 0.6 is 11.9 Å². The van der Waals surface area contributed by atoms with Crippen molar-refractivity contribution in [3.63, 3.8) is 0 Å². The molecule has 0 atom stereocenters. The van der Waals surface area contributed by atoms with Crippen molar-refractivity contribution in [1.29, 1.82) is 0 Å². The molecule has 4 heteroatoms. The second-order valence-electron chi connectivity index (χ2n) is 3.62. The molecule has 0 spiro atoms. The van der Waals surface area contributed by atoms with Crippen LogP contribution in [-0.2, 0) is 4.79 Å². The SMILES string of the molecule is CC(C)(C=O)NSc1cccc(N)c1. The molecule has 1 aromatic rings. The van der Waals surface area contributed by atoms with Crippen LogP contribution in [0.4, 0.5) is 5.69 Å².